The Labute approximate surface area is 132 Å². The van der Waals surface area contributed by atoms with Gasteiger partial charge in [-0.2, -0.15) is 8.42 Å². The molecule has 122 valence electrons. The SMILES string of the molecule is CC(=O)CCc1ccc(OS(=O)(=O)c2cc(F)cc(F)c2)cc1. The third-order valence-electron chi connectivity index (χ3n) is 3.02. The summed E-state index contributed by atoms with van der Waals surface area (Å²) in [6.07, 6.45) is 0.929. The van der Waals surface area contributed by atoms with Gasteiger partial charge in [0.2, 0.25) is 0 Å². The van der Waals surface area contributed by atoms with E-state index in [1.54, 1.807) is 12.1 Å². The smallest absolute Gasteiger partial charge is 0.339 e. The van der Waals surface area contributed by atoms with Gasteiger partial charge in [-0.05, 0) is 43.2 Å². The van der Waals surface area contributed by atoms with E-state index < -0.39 is 26.6 Å². The van der Waals surface area contributed by atoms with Crippen LogP contribution in [0.1, 0.15) is 18.9 Å². The van der Waals surface area contributed by atoms with E-state index >= 15 is 0 Å². The van der Waals surface area contributed by atoms with Crippen LogP contribution in [0.2, 0.25) is 0 Å². The minimum absolute atomic E-state index is 0.0150. The van der Waals surface area contributed by atoms with Gasteiger partial charge in [0.1, 0.15) is 28.1 Å². The zero-order chi connectivity index (χ0) is 17.0. The Morgan fingerprint density at radius 1 is 1.04 bits per heavy atom. The Balaban J connectivity index is 2.15. The van der Waals surface area contributed by atoms with Crippen LogP contribution in [0.5, 0.6) is 5.75 Å². The first-order valence-corrected chi connectivity index (χ1v) is 8.16. The number of carbonyl (C=O) groups is 1. The molecule has 0 saturated carbocycles. The van der Waals surface area contributed by atoms with Crippen molar-refractivity contribution in [1.82, 2.24) is 0 Å². The van der Waals surface area contributed by atoms with Gasteiger partial charge in [0.15, 0.2) is 0 Å². The lowest BCUT2D eigenvalue weighted by Crippen LogP contribution is -2.10. The molecule has 2 rings (SSSR count). The van der Waals surface area contributed by atoms with Gasteiger partial charge < -0.3 is 8.98 Å². The number of halogens is 2. The lowest BCUT2D eigenvalue weighted by atomic mass is 10.1. The van der Waals surface area contributed by atoms with Crippen molar-refractivity contribution in [1.29, 1.82) is 0 Å². The van der Waals surface area contributed by atoms with Gasteiger partial charge in [0, 0.05) is 12.5 Å². The minimum Gasteiger partial charge on any atom is -0.379 e. The number of rotatable bonds is 6. The highest BCUT2D eigenvalue weighted by Crippen LogP contribution is 2.21. The zero-order valence-electron chi connectivity index (χ0n) is 12.3. The molecule has 0 amide bonds. The number of aryl methyl sites for hydroxylation is 1. The van der Waals surface area contributed by atoms with Crippen LogP contribution in [-0.4, -0.2) is 14.2 Å². The first-order valence-electron chi connectivity index (χ1n) is 6.75. The second-order valence-electron chi connectivity index (χ2n) is 4.99. The van der Waals surface area contributed by atoms with Crippen molar-refractivity contribution >= 4 is 15.9 Å². The van der Waals surface area contributed by atoms with Crippen LogP contribution in [0, 0.1) is 11.6 Å². The van der Waals surface area contributed by atoms with Crippen molar-refractivity contribution in [2.24, 2.45) is 0 Å². The molecule has 7 heteroatoms. The molecule has 4 nitrogen and oxygen atoms in total. The summed E-state index contributed by atoms with van der Waals surface area (Å²) in [4.78, 5) is 10.3. The molecule has 0 saturated heterocycles. The first-order chi connectivity index (χ1) is 10.8. The highest BCUT2D eigenvalue weighted by atomic mass is 32.2. The number of hydrogen-bond donors (Lipinski definition) is 0. The number of benzene rings is 2. The molecule has 0 aliphatic rings. The molecule has 0 aromatic heterocycles. The van der Waals surface area contributed by atoms with E-state index in [0.29, 0.717) is 31.0 Å². The Bertz CT molecular complexity index is 794. The van der Waals surface area contributed by atoms with E-state index in [1.165, 1.54) is 19.1 Å². The van der Waals surface area contributed by atoms with Gasteiger partial charge in [-0.25, -0.2) is 8.78 Å². The molecule has 0 bridgehead atoms. The number of Topliss-reactive ketones (excluding diaryl/α,β-unsaturated/α-hetero) is 1. The van der Waals surface area contributed by atoms with Crippen molar-refractivity contribution in [3.05, 3.63) is 59.7 Å². The molecule has 0 spiro atoms. The van der Waals surface area contributed by atoms with E-state index in [0.717, 1.165) is 5.56 Å². The van der Waals surface area contributed by atoms with Crippen LogP contribution in [0.3, 0.4) is 0 Å². The van der Waals surface area contributed by atoms with Gasteiger partial charge in [0.25, 0.3) is 0 Å². The molecular formula is C16H14F2O4S. The molecule has 0 fully saturated rings. The van der Waals surface area contributed by atoms with Gasteiger partial charge in [0.05, 0.1) is 0 Å². The molecule has 0 atom stereocenters. The molecular weight excluding hydrogens is 326 g/mol. The molecule has 0 N–H and O–H groups in total. The Hall–Kier alpha value is -2.28. The molecule has 0 heterocycles. The zero-order valence-corrected chi connectivity index (χ0v) is 13.1. The summed E-state index contributed by atoms with van der Waals surface area (Å²) in [5, 5.41) is 0. The molecule has 0 radical (unpaired) electrons. The van der Waals surface area contributed by atoms with Crippen molar-refractivity contribution in [2.45, 2.75) is 24.7 Å². The normalized spacial score (nSPS) is 11.3. The summed E-state index contributed by atoms with van der Waals surface area (Å²) in [6, 6.07) is 8.02. The molecule has 0 aliphatic carbocycles. The summed E-state index contributed by atoms with van der Waals surface area (Å²) in [5.74, 6) is -1.94. The van der Waals surface area contributed by atoms with Crippen molar-refractivity contribution in [2.75, 3.05) is 0 Å². The van der Waals surface area contributed by atoms with Crippen LogP contribution < -0.4 is 4.18 Å². The van der Waals surface area contributed by atoms with Crippen molar-refractivity contribution < 1.29 is 26.2 Å². The summed E-state index contributed by atoms with van der Waals surface area (Å²) in [7, 11) is -4.33. The maximum atomic E-state index is 13.1. The average Bonchev–Trinajstić information content (AvgIpc) is 2.45. The minimum atomic E-state index is -4.33. The standard InChI is InChI=1S/C16H14F2O4S/c1-11(19)2-3-12-4-6-15(7-5-12)22-23(20,21)16-9-13(17)8-14(18)10-16/h4-10H,2-3H2,1H3. The van der Waals surface area contributed by atoms with Crippen LogP contribution in [-0.2, 0) is 21.3 Å². The summed E-state index contributed by atoms with van der Waals surface area (Å²) < 4.78 is 55.1. The fourth-order valence-corrected chi connectivity index (χ4v) is 2.85. The fourth-order valence-electron chi connectivity index (χ4n) is 1.88. The van der Waals surface area contributed by atoms with Crippen LogP contribution in [0.15, 0.2) is 47.4 Å². The second kappa shape index (κ2) is 6.87. The Morgan fingerprint density at radius 2 is 1.61 bits per heavy atom. The summed E-state index contributed by atoms with van der Waals surface area (Å²) in [5.41, 5.74) is 0.849. The van der Waals surface area contributed by atoms with Gasteiger partial charge in [-0.1, -0.05) is 12.1 Å². The molecule has 23 heavy (non-hydrogen) atoms. The predicted molar refractivity (Wildman–Crippen MR) is 79.6 cm³/mol. The van der Waals surface area contributed by atoms with E-state index in [-0.39, 0.29) is 11.5 Å². The third-order valence-corrected chi connectivity index (χ3v) is 4.24. The predicted octanol–water partition coefficient (Wildman–Crippen LogP) is 3.25. The van der Waals surface area contributed by atoms with Gasteiger partial charge in [-0.3, -0.25) is 0 Å². The van der Waals surface area contributed by atoms with Crippen LogP contribution in [0.4, 0.5) is 8.78 Å². The van der Waals surface area contributed by atoms with Crippen molar-refractivity contribution in [3.63, 3.8) is 0 Å². The van der Waals surface area contributed by atoms with Gasteiger partial charge >= 0.3 is 10.1 Å². The largest absolute Gasteiger partial charge is 0.379 e. The number of hydrogen-bond acceptors (Lipinski definition) is 4. The maximum absolute atomic E-state index is 13.1. The van der Waals surface area contributed by atoms with Crippen LogP contribution >= 0.6 is 0 Å². The monoisotopic (exact) mass is 340 g/mol. The summed E-state index contributed by atoms with van der Waals surface area (Å²) in [6.45, 7) is 1.49. The Kier molecular flexibility index (Phi) is 5.10. The van der Waals surface area contributed by atoms with Crippen LogP contribution in [0.25, 0.3) is 0 Å². The second-order valence-corrected chi connectivity index (χ2v) is 6.53. The lowest BCUT2D eigenvalue weighted by Gasteiger charge is -2.08. The quantitative estimate of drug-likeness (QED) is 0.758. The van der Waals surface area contributed by atoms with E-state index in [2.05, 4.69) is 0 Å². The molecule has 2 aromatic carbocycles. The molecule has 0 aliphatic heterocycles. The third kappa shape index (κ3) is 4.85. The lowest BCUT2D eigenvalue weighted by molar-refractivity contribution is -0.116. The summed E-state index contributed by atoms with van der Waals surface area (Å²) >= 11 is 0. The average molecular weight is 340 g/mol. The van der Waals surface area contributed by atoms with E-state index in [4.69, 9.17) is 4.18 Å². The Morgan fingerprint density at radius 3 is 2.13 bits per heavy atom. The first kappa shape index (κ1) is 17.1. The highest BCUT2D eigenvalue weighted by molar-refractivity contribution is 7.87. The maximum Gasteiger partial charge on any atom is 0.339 e. The van der Waals surface area contributed by atoms with Gasteiger partial charge in [-0.15, -0.1) is 0 Å². The number of carbonyl (C=O) groups excluding carboxylic acids is 1. The topological polar surface area (TPSA) is 60.4 Å². The molecule has 2 aromatic rings. The number of ketones is 1. The van der Waals surface area contributed by atoms with E-state index in [1.807, 2.05) is 0 Å². The van der Waals surface area contributed by atoms with E-state index in [9.17, 15) is 22.0 Å². The fraction of sp³-hybridized carbons (Fsp3) is 0.188. The van der Waals surface area contributed by atoms with Crippen molar-refractivity contribution in [3.8, 4) is 5.75 Å². The molecule has 0 unspecified atom stereocenters. The highest BCUT2D eigenvalue weighted by Gasteiger charge is 2.19.